The number of hydrogen-bond acceptors (Lipinski definition) is 4. The second-order valence-electron chi connectivity index (χ2n) is 10.3. The third-order valence-corrected chi connectivity index (χ3v) is 9.05. The fraction of sp³-hybridized carbons (Fsp3) is 0.0909. The van der Waals surface area contributed by atoms with E-state index in [1.165, 1.54) is 11.1 Å². The Morgan fingerprint density at radius 1 is 0.907 bits per heavy atom. The van der Waals surface area contributed by atoms with Crippen molar-refractivity contribution in [2.24, 2.45) is 0 Å². The van der Waals surface area contributed by atoms with E-state index in [1.54, 1.807) is 24.3 Å². The van der Waals surface area contributed by atoms with Gasteiger partial charge < -0.3 is 4.57 Å². The van der Waals surface area contributed by atoms with Crippen LogP contribution in [0.3, 0.4) is 0 Å². The third-order valence-electron chi connectivity index (χ3n) is 7.10. The molecule has 4 aromatic carbocycles. The summed E-state index contributed by atoms with van der Waals surface area (Å²) in [6, 6.07) is 29.1. The predicted octanol–water partition coefficient (Wildman–Crippen LogP) is 7.23. The maximum atomic E-state index is 12.2. The van der Waals surface area contributed by atoms with Crippen molar-refractivity contribution in [1.29, 1.82) is 0 Å². The quantitative estimate of drug-likeness (QED) is 0.206. The highest BCUT2D eigenvalue weighted by Gasteiger charge is 2.33. The van der Waals surface area contributed by atoms with Crippen LogP contribution < -0.4 is 9.03 Å². The summed E-state index contributed by atoms with van der Waals surface area (Å²) in [5.41, 5.74) is 7.34. The molecule has 1 fully saturated rings. The molecule has 1 aliphatic rings. The molecule has 2 heterocycles. The molecule has 1 N–H and O–H groups in total. The van der Waals surface area contributed by atoms with Gasteiger partial charge in [-0.3, -0.25) is 4.79 Å². The van der Waals surface area contributed by atoms with Crippen LogP contribution in [0.15, 0.2) is 97.2 Å². The van der Waals surface area contributed by atoms with E-state index in [1.807, 2.05) is 45.8 Å². The van der Waals surface area contributed by atoms with Gasteiger partial charge in [0.15, 0.2) is 0 Å². The lowest BCUT2D eigenvalue weighted by Gasteiger charge is -2.15. The normalized spacial score (nSPS) is 14.4. The molecule has 0 radical (unpaired) electrons. The smallest absolute Gasteiger partial charge is 0.326 e. The fourth-order valence-corrected chi connectivity index (χ4v) is 6.59. The highest BCUT2D eigenvalue weighted by Crippen LogP contribution is 2.31. The minimum atomic E-state index is -3.87. The van der Waals surface area contributed by atoms with Crippen LogP contribution in [0, 0.1) is 6.92 Å². The van der Waals surface area contributed by atoms with E-state index in [0.29, 0.717) is 33.8 Å². The molecule has 1 aromatic heterocycles. The number of amides is 1. The van der Waals surface area contributed by atoms with Crippen LogP contribution in [0.25, 0.3) is 34.5 Å². The number of benzene rings is 4. The van der Waals surface area contributed by atoms with Gasteiger partial charge in [-0.2, -0.15) is 8.42 Å². The van der Waals surface area contributed by atoms with Crippen LogP contribution in [-0.4, -0.2) is 30.4 Å². The highest BCUT2D eigenvalue weighted by molar-refractivity contribution is 7.92. The zero-order valence-electron chi connectivity index (χ0n) is 23.0. The first-order valence-corrected chi connectivity index (χ1v) is 15.6. The number of aryl methyl sites for hydroxylation is 1. The van der Waals surface area contributed by atoms with Crippen molar-refractivity contribution in [3.05, 3.63) is 130 Å². The number of nitrogens with one attached hydrogen (secondary N) is 1. The average molecular weight is 630 g/mol. The van der Waals surface area contributed by atoms with Gasteiger partial charge in [0.05, 0.1) is 16.4 Å². The molecule has 5 aromatic rings. The molecule has 1 saturated heterocycles. The van der Waals surface area contributed by atoms with E-state index >= 15 is 0 Å². The van der Waals surface area contributed by atoms with Crippen molar-refractivity contribution in [2.75, 3.05) is 10.8 Å². The minimum Gasteiger partial charge on any atom is -0.326 e. The van der Waals surface area contributed by atoms with Crippen LogP contribution in [0.5, 0.6) is 0 Å². The Morgan fingerprint density at radius 2 is 1.67 bits per heavy atom. The van der Waals surface area contributed by atoms with E-state index in [-0.39, 0.29) is 6.54 Å². The Bertz CT molecular complexity index is 1970. The van der Waals surface area contributed by atoms with Gasteiger partial charge in [0.2, 0.25) is 0 Å². The molecule has 0 atom stereocenters. The van der Waals surface area contributed by atoms with E-state index < -0.39 is 16.1 Å². The van der Waals surface area contributed by atoms with Crippen LogP contribution >= 0.6 is 23.2 Å². The summed E-state index contributed by atoms with van der Waals surface area (Å²) in [4.78, 5) is 16.5. The van der Waals surface area contributed by atoms with Crippen molar-refractivity contribution in [3.63, 3.8) is 0 Å². The Kier molecular flexibility index (Phi) is 7.83. The summed E-state index contributed by atoms with van der Waals surface area (Å²) in [6.07, 6.45) is 5.89. The fourth-order valence-electron chi connectivity index (χ4n) is 4.94. The van der Waals surface area contributed by atoms with Gasteiger partial charge in [-0.1, -0.05) is 95.5 Å². The summed E-state index contributed by atoms with van der Waals surface area (Å²) in [7, 11) is -3.87. The standard InChI is InChI=1S/C33H26Cl2N4O3S/c1-22-3-2-4-26(17-22)25-10-5-23(6-11-25)9-16-32-36-31(29-15-12-27(34)18-30(29)35)20-38(32)19-24-7-13-28(14-8-24)39-21-33(40)37-43(39,41)42/h2-18,20H,19,21H2,1H3,(H,37,40)/b16-9+. The molecule has 216 valence electrons. The lowest BCUT2D eigenvalue weighted by Crippen LogP contribution is -2.29. The zero-order chi connectivity index (χ0) is 30.1. The Morgan fingerprint density at radius 3 is 2.35 bits per heavy atom. The summed E-state index contributed by atoms with van der Waals surface area (Å²) in [5.74, 6) is 0.155. The van der Waals surface area contributed by atoms with Crippen molar-refractivity contribution in [1.82, 2.24) is 14.3 Å². The molecule has 0 aliphatic carbocycles. The van der Waals surface area contributed by atoms with E-state index in [4.69, 9.17) is 28.2 Å². The molecule has 0 spiro atoms. The van der Waals surface area contributed by atoms with Crippen molar-refractivity contribution >= 4 is 57.2 Å². The Balaban J connectivity index is 1.29. The molecule has 43 heavy (non-hydrogen) atoms. The molecule has 10 heteroatoms. The number of aromatic nitrogens is 2. The number of carbonyl (C=O) groups excluding carboxylic acids is 1. The molecular formula is C33H26Cl2N4O3S. The van der Waals surface area contributed by atoms with Gasteiger partial charge in [0, 0.05) is 23.3 Å². The van der Waals surface area contributed by atoms with Gasteiger partial charge in [-0.15, -0.1) is 0 Å². The highest BCUT2D eigenvalue weighted by atomic mass is 35.5. The van der Waals surface area contributed by atoms with Gasteiger partial charge in [0.1, 0.15) is 12.4 Å². The molecule has 6 rings (SSSR count). The van der Waals surface area contributed by atoms with Gasteiger partial charge in [-0.25, -0.2) is 14.0 Å². The molecule has 0 unspecified atom stereocenters. The number of rotatable bonds is 7. The molecule has 1 aliphatic heterocycles. The van der Waals surface area contributed by atoms with Crippen LogP contribution in [0.4, 0.5) is 5.69 Å². The molecule has 1 amide bonds. The molecular weight excluding hydrogens is 603 g/mol. The average Bonchev–Trinajstić information content (AvgIpc) is 3.50. The number of imidazole rings is 1. The van der Waals surface area contributed by atoms with E-state index in [9.17, 15) is 13.2 Å². The predicted molar refractivity (Wildman–Crippen MR) is 173 cm³/mol. The molecule has 7 nitrogen and oxygen atoms in total. The topological polar surface area (TPSA) is 84.3 Å². The Hall–Kier alpha value is -4.37. The van der Waals surface area contributed by atoms with Gasteiger partial charge in [0.25, 0.3) is 5.91 Å². The lowest BCUT2D eigenvalue weighted by molar-refractivity contribution is -0.117. The summed E-state index contributed by atoms with van der Waals surface area (Å²) < 4.78 is 29.5. The largest absolute Gasteiger partial charge is 0.326 e. The molecule has 0 bridgehead atoms. The number of halogens is 2. The first-order valence-electron chi connectivity index (χ1n) is 13.4. The maximum absolute atomic E-state index is 12.2. The first kappa shape index (κ1) is 28.7. The second kappa shape index (κ2) is 11.7. The summed E-state index contributed by atoms with van der Waals surface area (Å²) >= 11 is 12.6. The lowest BCUT2D eigenvalue weighted by atomic mass is 10.0. The first-order chi connectivity index (χ1) is 20.6. The van der Waals surface area contributed by atoms with E-state index in [2.05, 4.69) is 55.5 Å². The molecule has 0 saturated carbocycles. The number of nitrogens with zero attached hydrogens (tertiary/aromatic N) is 3. The second-order valence-corrected chi connectivity index (χ2v) is 12.7. The summed E-state index contributed by atoms with van der Waals surface area (Å²) in [5, 5.41) is 1.04. The van der Waals surface area contributed by atoms with Gasteiger partial charge >= 0.3 is 10.2 Å². The van der Waals surface area contributed by atoms with Crippen molar-refractivity contribution in [2.45, 2.75) is 13.5 Å². The van der Waals surface area contributed by atoms with Crippen molar-refractivity contribution < 1.29 is 13.2 Å². The van der Waals surface area contributed by atoms with Crippen LogP contribution in [0.1, 0.15) is 22.5 Å². The van der Waals surface area contributed by atoms with Crippen LogP contribution in [-0.2, 0) is 21.5 Å². The van der Waals surface area contributed by atoms with E-state index in [0.717, 1.165) is 26.6 Å². The SMILES string of the molecule is Cc1cccc(-c2ccc(/C=C/c3nc(-c4ccc(Cl)cc4Cl)cn3Cc3ccc(N4CC(=O)NS4(=O)=O)cc3)cc2)c1. The zero-order valence-corrected chi connectivity index (χ0v) is 25.4. The third kappa shape index (κ3) is 6.37. The van der Waals surface area contributed by atoms with Crippen molar-refractivity contribution in [3.8, 4) is 22.4 Å². The maximum Gasteiger partial charge on any atom is 0.326 e. The van der Waals surface area contributed by atoms with Crippen LogP contribution in [0.2, 0.25) is 10.0 Å². The number of hydrogen-bond donors (Lipinski definition) is 1. The number of anilines is 1. The van der Waals surface area contributed by atoms with Gasteiger partial charge in [-0.05, 0) is 65.6 Å². The Labute approximate surface area is 260 Å². The minimum absolute atomic E-state index is 0.241. The monoisotopic (exact) mass is 628 g/mol. The summed E-state index contributed by atoms with van der Waals surface area (Å²) in [6.45, 7) is 2.31. The number of carbonyl (C=O) groups is 1.